The Hall–Kier alpha value is -5.43. The number of amides is 1. The number of aryl methyl sites for hydroxylation is 1. The van der Waals surface area contributed by atoms with Gasteiger partial charge in [0, 0.05) is 40.7 Å². The number of fused-ring (bicyclic) bond motifs is 3. The number of likely N-dealkylation sites (tertiary alicyclic amines) is 1. The van der Waals surface area contributed by atoms with Gasteiger partial charge < -0.3 is 18.5 Å². The van der Waals surface area contributed by atoms with E-state index in [2.05, 4.69) is 0 Å². The van der Waals surface area contributed by atoms with E-state index in [1.54, 1.807) is 36.4 Å². The van der Waals surface area contributed by atoms with Crippen molar-refractivity contribution < 1.29 is 28.0 Å². The first-order valence-electron chi connectivity index (χ1n) is 15.2. The molecule has 1 aliphatic heterocycles. The molecule has 4 aromatic carbocycles. The number of nitrogens with zero attached hydrogens (tertiary/aromatic N) is 1. The van der Waals surface area contributed by atoms with Crippen molar-refractivity contribution in [2.45, 2.75) is 26.2 Å². The number of ether oxygens (including phenoxy) is 1. The molecule has 1 fully saturated rings. The molecule has 0 aliphatic carbocycles. The third-order valence-corrected chi connectivity index (χ3v) is 8.46. The lowest BCUT2D eigenvalue weighted by molar-refractivity contribution is -0.134. The van der Waals surface area contributed by atoms with Gasteiger partial charge in [0.15, 0.2) is 18.1 Å². The zero-order valence-electron chi connectivity index (χ0n) is 24.9. The molecule has 0 N–H and O–H groups in total. The summed E-state index contributed by atoms with van der Waals surface area (Å²) in [5, 5.41) is 1.41. The molecule has 0 unspecified atom stereocenters. The minimum Gasteiger partial charge on any atom is -0.484 e. The highest BCUT2D eigenvalue weighted by molar-refractivity contribution is 6.21. The number of benzene rings is 4. The number of piperidine rings is 1. The number of carbonyl (C=O) groups is 3. The Morgan fingerprint density at radius 2 is 1.36 bits per heavy atom. The number of rotatable bonds is 8. The van der Waals surface area contributed by atoms with Crippen molar-refractivity contribution >= 4 is 39.4 Å². The van der Waals surface area contributed by atoms with Crippen LogP contribution in [0.2, 0.25) is 0 Å². The second-order valence-corrected chi connectivity index (χ2v) is 11.3. The van der Waals surface area contributed by atoms with Crippen LogP contribution in [-0.2, 0) is 4.79 Å². The maximum Gasteiger partial charge on any atom is 0.260 e. The van der Waals surface area contributed by atoms with E-state index in [-0.39, 0.29) is 35.6 Å². The van der Waals surface area contributed by atoms with Crippen molar-refractivity contribution in [3.8, 4) is 16.9 Å². The zero-order chi connectivity index (χ0) is 30.9. The molecule has 3 heterocycles. The van der Waals surface area contributed by atoms with Gasteiger partial charge in [-0.15, -0.1) is 0 Å². The van der Waals surface area contributed by atoms with E-state index in [1.165, 1.54) is 0 Å². The van der Waals surface area contributed by atoms with Gasteiger partial charge in [-0.3, -0.25) is 14.4 Å². The minimum atomic E-state index is -0.307. The van der Waals surface area contributed by atoms with Gasteiger partial charge in [0.1, 0.15) is 16.9 Å². The van der Waals surface area contributed by atoms with Crippen LogP contribution in [0.4, 0.5) is 0 Å². The van der Waals surface area contributed by atoms with E-state index in [9.17, 15) is 14.4 Å². The Labute approximate surface area is 260 Å². The average Bonchev–Trinajstić information content (AvgIpc) is 3.66. The Bertz CT molecular complexity index is 2030. The highest BCUT2D eigenvalue weighted by Gasteiger charge is 2.28. The van der Waals surface area contributed by atoms with Gasteiger partial charge in [-0.05, 0) is 68.1 Å². The second-order valence-electron chi connectivity index (χ2n) is 11.3. The van der Waals surface area contributed by atoms with Crippen LogP contribution >= 0.6 is 0 Å². The van der Waals surface area contributed by atoms with Gasteiger partial charge in [0.25, 0.3) is 5.91 Å². The number of carbonyl (C=O) groups excluding carboxylic acids is 3. The lowest BCUT2D eigenvalue weighted by Crippen LogP contribution is -2.38. The number of hydrogen-bond donors (Lipinski definition) is 0. The summed E-state index contributed by atoms with van der Waals surface area (Å²) in [5.74, 6) is 0.385. The van der Waals surface area contributed by atoms with Gasteiger partial charge in [0.2, 0.25) is 11.6 Å². The minimum absolute atomic E-state index is 0.0299. The first-order chi connectivity index (χ1) is 22.0. The predicted molar refractivity (Wildman–Crippen MR) is 172 cm³/mol. The molecule has 45 heavy (non-hydrogen) atoms. The summed E-state index contributed by atoms with van der Waals surface area (Å²) in [6, 6.07) is 29.0. The molecule has 0 radical (unpaired) electrons. The van der Waals surface area contributed by atoms with Crippen LogP contribution in [-0.4, -0.2) is 42.1 Å². The van der Waals surface area contributed by atoms with Crippen LogP contribution in [0.1, 0.15) is 57.1 Å². The maximum absolute atomic E-state index is 14.0. The Balaban J connectivity index is 1.25. The van der Waals surface area contributed by atoms with Crippen LogP contribution < -0.4 is 4.74 Å². The van der Waals surface area contributed by atoms with E-state index in [1.807, 2.05) is 72.5 Å². The summed E-state index contributed by atoms with van der Waals surface area (Å²) >= 11 is 0. The summed E-state index contributed by atoms with van der Waals surface area (Å²) in [6.07, 6.45) is 3.19. The lowest BCUT2D eigenvalue weighted by Gasteiger charge is -2.26. The van der Waals surface area contributed by atoms with Crippen molar-refractivity contribution in [1.29, 1.82) is 0 Å². The fourth-order valence-corrected chi connectivity index (χ4v) is 6.05. The molecular formula is C38H31NO6. The molecule has 1 aliphatic rings. The van der Waals surface area contributed by atoms with Crippen molar-refractivity contribution in [1.82, 2.24) is 4.90 Å². The Morgan fingerprint density at radius 3 is 2.07 bits per heavy atom. The molecule has 1 amide bonds. The van der Waals surface area contributed by atoms with Crippen molar-refractivity contribution in [3.05, 3.63) is 125 Å². The van der Waals surface area contributed by atoms with Crippen LogP contribution in [0.15, 0.2) is 106 Å². The Kier molecular flexibility index (Phi) is 7.51. The zero-order valence-corrected chi connectivity index (χ0v) is 24.9. The second kappa shape index (κ2) is 11.9. The molecule has 1 saturated heterocycles. The molecule has 0 spiro atoms. The molecule has 0 atom stereocenters. The molecule has 0 bridgehead atoms. The third kappa shape index (κ3) is 5.31. The van der Waals surface area contributed by atoms with Crippen LogP contribution in [0, 0.1) is 6.92 Å². The topological polar surface area (TPSA) is 90.0 Å². The highest BCUT2D eigenvalue weighted by atomic mass is 16.5. The summed E-state index contributed by atoms with van der Waals surface area (Å²) in [5.41, 5.74) is 4.03. The molecule has 0 saturated carbocycles. The van der Waals surface area contributed by atoms with Crippen LogP contribution in [0.25, 0.3) is 33.1 Å². The van der Waals surface area contributed by atoms with E-state index >= 15 is 0 Å². The molecule has 7 nitrogen and oxygen atoms in total. The van der Waals surface area contributed by atoms with Crippen molar-refractivity contribution in [3.63, 3.8) is 0 Å². The largest absolute Gasteiger partial charge is 0.484 e. The third-order valence-electron chi connectivity index (χ3n) is 8.46. The monoisotopic (exact) mass is 597 g/mol. The summed E-state index contributed by atoms with van der Waals surface area (Å²) in [6.45, 7) is 3.37. The van der Waals surface area contributed by atoms with Crippen molar-refractivity contribution in [2.24, 2.45) is 0 Å². The van der Waals surface area contributed by atoms with Crippen molar-refractivity contribution in [2.75, 3.05) is 19.7 Å². The van der Waals surface area contributed by atoms with E-state index in [4.69, 9.17) is 13.6 Å². The Morgan fingerprint density at radius 1 is 0.711 bits per heavy atom. The fourth-order valence-electron chi connectivity index (χ4n) is 6.05. The van der Waals surface area contributed by atoms with Gasteiger partial charge >= 0.3 is 0 Å². The average molecular weight is 598 g/mol. The van der Waals surface area contributed by atoms with E-state index < -0.39 is 0 Å². The van der Waals surface area contributed by atoms with Gasteiger partial charge in [-0.25, -0.2) is 0 Å². The summed E-state index contributed by atoms with van der Waals surface area (Å²) < 4.78 is 18.3. The number of hydrogen-bond acceptors (Lipinski definition) is 6. The number of ketones is 2. The molecular weight excluding hydrogens is 566 g/mol. The van der Waals surface area contributed by atoms with Gasteiger partial charge in [0.05, 0.1) is 5.39 Å². The number of furan rings is 2. The van der Waals surface area contributed by atoms with E-state index in [0.29, 0.717) is 39.0 Å². The van der Waals surface area contributed by atoms with Gasteiger partial charge in [-0.2, -0.15) is 0 Å². The van der Waals surface area contributed by atoms with Crippen LogP contribution in [0.3, 0.4) is 0 Å². The maximum atomic E-state index is 14.0. The smallest absolute Gasteiger partial charge is 0.260 e. The first kappa shape index (κ1) is 28.3. The van der Waals surface area contributed by atoms with E-state index in [0.717, 1.165) is 48.9 Å². The molecule has 2 aromatic heterocycles. The molecule has 7 rings (SSSR count). The summed E-state index contributed by atoms with van der Waals surface area (Å²) in [4.78, 5) is 41.8. The standard InChI is InChI=1S/C38H31NO6/c1-24-29-19-20-30-33(37(29)45-36(24)34(41)26-13-7-3-8-14-26)32(25-11-5-2-6-12-25)38(44-30)35(42)27-15-17-28(18-16-27)43-23-31(40)39-21-9-4-10-22-39/h2-3,5-8,11-20H,4,9-10,21-23H2,1H3. The van der Waals surface area contributed by atoms with Crippen LogP contribution in [0.5, 0.6) is 5.75 Å². The molecule has 7 heteroatoms. The lowest BCUT2D eigenvalue weighted by atomic mass is 9.96. The first-order valence-corrected chi connectivity index (χ1v) is 15.2. The SMILES string of the molecule is Cc1c(C(=O)c2ccccc2)oc2c1ccc1oc(C(=O)c3ccc(OCC(=O)N4CCCCC4)cc3)c(-c3ccccc3)c12. The molecule has 6 aromatic rings. The fraction of sp³-hybridized carbons (Fsp3) is 0.184. The predicted octanol–water partition coefficient (Wildman–Crippen LogP) is 8.01. The highest BCUT2D eigenvalue weighted by Crippen LogP contribution is 2.42. The quantitative estimate of drug-likeness (QED) is 0.165. The summed E-state index contributed by atoms with van der Waals surface area (Å²) in [7, 11) is 0. The normalized spacial score (nSPS) is 13.3. The molecule has 224 valence electrons. The van der Waals surface area contributed by atoms with Gasteiger partial charge in [-0.1, -0.05) is 60.7 Å².